The minimum absolute atomic E-state index is 0.217. The van der Waals surface area contributed by atoms with Gasteiger partial charge in [-0.2, -0.15) is 0 Å². The lowest BCUT2D eigenvalue weighted by Crippen LogP contribution is -1.91. The zero-order valence-electron chi connectivity index (χ0n) is 8.79. The van der Waals surface area contributed by atoms with E-state index < -0.39 is 0 Å². The van der Waals surface area contributed by atoms with E-state index in [1.54, 1.807) is 24.3 Å². The Labute approximate surface area is 93.5 Å². The summed E-state index contributed by atoms with van der Waals surface area (Å²) >= 11 is 0. The summed E-state index contributed by atoms with van der Waals surface area (Å²) in [6.07, 6.45) is 1.68. The summed E-state index contributed by atoms with van der Waals surface area (Å²) in [6, 6.07) is 12.9. The molecule has 2 aromatic rings. The minimum Gasteiger partial charge on any atom is -0.207 e. The molecule has 82 valence electrons. The van der Waals surface area contributed by atoms with Gasteiger partial charge in [0.1, 0.15) is 11.6 Å². The molecule has 0 aromatic heterocycles. The molecule has 0 spiro atoms. The Morgan fingerprint density at radius 3 is 1.19 bits per heavy atom. The third-order valence-electron chi connectivity index (χ3n) is 2.53. The number of hydrogen-bond donors (Lipinski definition) is 0. The van der Waals surface area contributed by atoms with Gasteiger partial charge in [0.05, 0.1) is 0 Å². The smallest absolute Gasteiger partial charge is 0.123 e. The van der Waals surface area contributed by atoms with Gasteiger partial charge in [-0.15, -0.1) is 0 Å². The van der Waals surface area contributed by atoms with Gasteiger partial charge in [0, 0.05) is 0 Å². The van der Waals surface area contributed by atoms with Crippen LogP contribution in [-0.4, -0.2) is 0 Å². The van der Waals surface area contributed by atoms with Crippen molar-refractivity contribution < 1.29 is 8.78 Å². The highest BCUT2D eigenvalue weighted by Gasteiger charge is 1.97. The molecule has 0 fully saturated rings. The van der Waals surface area contributed by atoms with Crippen molar-refractivity contribution >= 4 is 0 Å². The molecule has 0 aliphatic carbocycles. The van der Waals surface area contributed by atoms with E-state index in [0.29, 0.717) is 0 Å². The molecule has 2 rings (SSSR count). The second-order valence-electron chi connectivity index (χ2n) is 3.75. The molecule has 0 heterocycles. The standard InChI is InChI=1S/C14H12F2/c15-13-7-3-11(4-8-13)1-2-12-5-9-14(16)10-6-12/h3-10H,1-2H2. The van der Waals surface area contributed by atoms with Crippen molar-refractivity contribution in [2.75, 3.05) is 0 Å². The molecule has 2 aromatic carbocycles. The fourth-order valence-corrected chi connectivity index (χ4v) is 1.59. The van der Waals surface area contributed by atoms with E-state index in [1.807, 2.05) is 0 Å². The van der Waals surface area contributed by atoms with Crippen LogP contribution < -0.4 is 0 Å². The van der Waals surface area contributed by atoms with Crippen LogP contribution in [0.3, 0.4) is 0 Å². The van der Waals surface area contributed by atoms with Crippen LogP contribution in [0.1, 0.15) is 11.1 Å². The second-order valence-corrected chi connectivity index (χ2v) is 3.75. The Balaban J connectivity index is 1.97. The maximum absolute atomic E-state index is 12.7. The first-order chi connectivity index (χ1) is 7.74. The number of benzene rings is 2. The predicted molar refractivity (Wildman–Crippen MR) is 60.2 cm³/mol. The van der Waals surface area contributed by atoms with Gasteiger partial charge < -0.3 is 0 Å². The van der Waals surface area contributed by atoms with Gasteiger partial charge >= 0.3 is 0 Å². The number of rotatable bonds is 3. The minimum atomic E-state index is -0.217. The third kappa shape index (κ3) is 2.89. The van der Waals surface area contributed by atoms with E-state index in [-0.39, 0.29) is 11.6 Å². The van der Waals surface area contributed by atoms with Crippen LogP contribution in [0.4, 0.5) is 8.78 Å². The molecular formula is C14H12F2. The summed E-state index contributed by atoms with van der Waals surface area (Å²) in [5.41, 5.74) is 2.18. The van der Waals surface area contributed by atoms with Crippen molar-refractivity contribution in [1.29, 1.82) is 0 Å². The molecule has 16 heavy (non-hydrogen) atoms. The summed E-state index contributed by atoms with van der Waals surface area (Å²) in [5.74, 6) is -0.434. The first-order valence-corrected chi connectivity index (χ1v) is 5.23. The van der Waals surface area contributed by atoms with Crippen molar-refractivity contribution in [2.45, 2.75) is 12.8 Å². The van der Waals surface area contributed by atoms with Gasteiger partial charge in [-0.25, -0.2) is 8.78 Å². The van der Waals surface area contributed by atoms with Gasteiger partial charge in [-0.3, -0.25) is 0 Å². The Hall–Kier alpha value is -1.70. The average Bonchev–Trinajstić information content (AvgIpc) is 2.30. The predicted octanol–water partition coefficient (Wildman–Crippen LogP) is 3.75. The largest absolute Gasteiger partial charge is 0.207 e. The van der Waals surface area contributed by atoms with Crippen LogP contribution in [0.5, 0.6) is 0 Å². The summed E-state index contributed by atoms with van der Waals surface area (Å²) in [7, 11) is 0. The van der Waals surface area contributed by atoms with E-state index >= 15 is 0 Å². The quantitative estimate of drug-likeness (QED) is 0.736. The van der Waals surface area contributed by atoms with Crippen molar-refractivity contribution in [3.05, 3.63) is 71.3 Å². The van der Waals surface area contributed by atoms with E-state index in [0.717, 1.165) is 24.0 Å². The van der Waals surface area contributed by atoms with Crippen molar-refractivity contribution in [1.82, 2.24) is 0 Å². The van der Waals surface area contributed by atoms with Crippen LogP contribution in [-0.2, 0) is 12.8 Å². The normalized spacial score (nSPS) is 10.4. The molecule has 0 N–H and O–H groups in total. The second kappa shape index (κ2) is 4.88. The Kier molecular flexibility index (Phi) is 3.30. The Morgan fingerprint density at radius 1 is 0.562 bits per heavy atom. The monoisotopic (exact) mass is 218 g/mol. The highest BCUT2D eigenvalue weighted by Crippen LogP contribution is 2.09. The zero-order valence-corrected chi connectivity index (χ0v) is 8.79. The first-order valence-electron chi connectivity index (χ1n) is 5.23. The fourth-order valence-electron chi connectivity index (χ4n) is 1.59. The lowest BCUT2D eigenvalue weighted by Gasteiger charge is -2.02. The molecule has 0 amide bonds. The van der Waals surface area contributed by atoms with Gasteiger partial charge in [0.15, 0.2) is 0 Å². The number of halogens is 2. The SMILES string of the molecule is Fc1ccc(CCc2ccc(F)cc2)cc1. The molecule has 0 aliphatic rings. The van der Waals surface area contributed by atoms with Crippen LogP contribution >= 0.6 is 0 Å². The molecule has 0 saturated carbocycles. The van der Waals surface area contributed by atoms with E-state index in [2.05, 4.69) is 0 Å². The molecule has 0 unspecified atom stereocenters. The van der Waals surface area contributed by atoms with E-state index in [4.69, 9.17) is 0 Å². The summed E-state index contributed by atoms with van der Waals surface area (Å²) in [6.45, 7) is 0. The summed E-state index contributed by atoms with van der Waals surface area (Å²) in [4.78, 5) is 0. The van der Waals surface area contributed by atoms with Crippen molar-refractivity contribution in [3.63, 3.8) is 0 Å². The van der Waals surface area contributed by atoms with Crippen LogP contribution in [0.15, 0.2) is 48.5 Å². The van der Waals surface area contributed by atoms with Gasteiger partial charge in [0.2, 0.25) is 0 Å². The van der Waals surface area contributed by atoms with Gasteiger partial charge in [0.25, 0.3) is 0 Å². The maximum Gasteiger partial charge on any atom is 0.123 e. The highest BCUT2D eigenvalue weighted by atomic mass is 19.1. The lowest BCUT2D eigenvalue weighted by molar-refractivity contribution is 0.625. The van der Waals surface area contributed by atoms with Crippen LogP contribution in [0, 0.1) is 11.6 Å². The molecule has 2 heteroatoms. The molecule has 0 atom stereocenters. The molecule has 0 nitrogen and oxygen atoms in total. The average molecular weight is 218 g/mol. The summed E-state index contributed by atoms with van der Waals surface area (Å²) in [5, 5.41) is 0. The first kappa shape index (κ1) is 10.8. The van der Waals surface area contributed by atoms with Gasteiger partial charge in [-0.05, 0) is 48.2 Å². The topological polar surface area (TPSA) is 0 Å². The third-order valence-corrected chi connectivity index (χ3v) is 2.53. The number of hydrogen-bond acceptors (Lipinski definition) is 0. The number of aryl methyl sites for hydroxylation is 2. The molecule has 0 aliphatic heterocycles. The Bertz CT molecular complexity index is 398. The van der Waals surface area contributed by atoms with Gasteiger partial charge in [-0.1, -0.05) is 24.3 Å². The maximum atomic E-state index is 12.7. The molecular weight excluding hydrogens is 206 g/mol. The Morgan fingerprint density at radius 2 is 0.875 bits per heavy atom. The molecule has 0 radical (unpaired) electrons. The lowest BCUT2D eigenvalue weighted by atomic mass is 10.0. The van der Waals surface area contributed by atoms with E-state index in [1.165, 1.54) is 24.3 Å². The molecule has 0 saturated heterocycles. The van der Waals surface area contributed by atoms with Crippen molar-refractivity contribution in [3.8, 4) is 0 Å². The summed E-state index contributed by atoms with van der Waals surface area (Å²) < 4.78 is 25.3. The van der Waals surface area contributed by atoms with Crippen LogP contribution in [0.2, 0.25) is 0 Å². The van der Waals surface area contributed by atoms with Crippen LogP contribution in [0.25, 0.3) is 0 Å². The fraction of sp³-hybridized carbons (Fsp3) is 0.143. The van der Waals surface area contributed by atoms with E-state index in [9.17, 15) is 8.78 Å². The zero-order chi connectivity index (χ0) is 11.4. The highest BCUT2D eigenvalue weighted by molar-refractivity contribution is 5.20. The molecule has 0 bridgehead atoms. The van der Waals surface area contributed by atoms with Crippen molar-refractivity contribution in [2.24, 2.45) is 0 Å².